The molecular formula is C15H30N4O4. The lowest BCUT2D eigenvalue weighted by Gasteiger charge is -2.19. The first-order valence-electron chi connectivity index (χ1n) is 7.96. The molecule has 0 aliphatic carbocycles. The van der Waals surface area contributed by atoms with Crippen molar-refractivity contribution < 1.29 is 19.1 Å². The molecular weight excluding hydrogens is 300 g/mol. The van der Waals surface area contributed by atoms with Crippen molar-refractivity contribution in [2.45, 2.75) is 46.6 Å². The van der Waals surface area contributed by atoms with Crippen LogP contribution in [0.4, 0.5) is 9.59 Å². The standard InChI is InChI=1S/C15H30N4O4/c1-6-19(7-2)13(21)17-11-10-16-12(20)8-9-18-14(22)23-15(3,4)5/h6-11H2,1-5H3,(H,16,20)(H,17,21)(H,18,22). The maximum Gasteiger partial charge on any atom is 0.407 e. The number of ether oxygens (including phenoxy) is 1. The quantitative estimate of drug-likeness (QED) is 0.580. The molecule has 0 unspecified atom stereocenters. The Morgan fingerprint density at radius 1 is 0.913 bits per heavy atom. The van der Waals surface area contributed by atoms with Crippen molar-refractivity contribution in [1.29, 1.82) is 0 Å². The van der Waals surface area contributed by atoms with Crippen LogP contribution in [0.5, 0.6) is 0 Å². The summed E-state index contributed by atoms with van der Waals surface area (Å²) < 4.78 is 5.05. The minimum Gasteiger partial charge on any atom is -0.444 e. The van der Waals surface area contributed by atoms with Crippen LogP contribution in [0.15, 0.2) is 0 Å². The molecule has 134 valence electrons. The molecule has 0 rings (SSSR count). The van der Waals surface area contributed by atoms with E-state index in [4.69, 9.17) is 4.74 Å². The first-order chi connectivity index (χ1) is 10.7. The maximum absolute atomic E-state index is 11.7. The van der Waals surface area contributed by atoms with Crippen LogP contribution in [0.1, 0.15) is 41.0 Å². The van der Waals surface area contributed by atoms with Crippen LogP contribution in [-0.2, 0) is 9.53 Å². The van der Waals surface area contributed by atoms with Gasteiger partial charge in [0.1, 0.15) is 5.60 Å². The van der Waals surface area contributed by atoms with Crippen LogP contribution in [0.3, 0.4) is 0 Å². The van der Waals surface area contributed by atoms with Gasteiger partial charge in [-0.25, -0.2) is 9.59 Å². The Morgan fingerprint density at radius 3 is 2.00 bits per heavy atom. The molecule has 23 heavy (non-hydrogen) atoms. The molecule has 3 N–H and O–H groups in total. The average molecular weight is 330 g/mol. The Morgan fingerprint density at radius 2 is 1.48 bits per heavy atom. The summed E-state index contributed by atoms with van der Waals surface area (Å²) in [5, 5.41) is 7.90. The zero-order chi connectivity index (χ0) is 17.9. The van der Waals surface area contributed by atoms with E-state index in [0.717, 1.165) is 0 Å². The molecule has 0 saturated heterocycles. The summed E-state index contributed by atoms with van der Waals surface area (Å²) in [6.07, 6.45) is -0.389. The number of hydrogen-bond donors (Lipinski definition) is 3. The van der Waals surface area contributed by atoms with E-state index in [-0.39, 0.29) is 24.9 Å². The molecule has 0 aromatic carbocycles. The summed E-state index contributed by atoms with van der Waals surface area (Å²) in [7, 11) is 0. The Hall–Kier alpha value is -1.99. The van der Waals surface area contributed by atoms with Crippen LogP contribution in [-0.4, -0.2) is 61.3 Å². The molecule has 0 aliphatic heterocycles. The monoisotopic (exact) mass is 330 g/mol. The number of urea groups is 1. The highest BCUT2D eigenvalue weighted by atomic mass is 16.6. The minimum absolute atomic E-state index is 0.143. The summed E-state index contributed by atoms with van der Waals surface area (Å²) in [5.41, 5.74) is -0.560. The van der Waals surface area contributed by atoms with Crippen molar-refractivity contribution >= 4 is 18.0 Å². The van der Waals surface area contributed by atoms with Crippen LogP contribution < -0.4 is 16.0 Å². The Labute approximate surface area is 138 Å². The number of carbonyl (C=O) groups excluding carboxylic acids is 3. The van der Waals surface area contributed by atoms with Gasteiger partial charge in [-0.3, -0.25) is 4.79 Å². The molecule has 0 saturated carbocycles. The van der Waals surface area contributed by atoms with E-state index in [9.17, 15) is 14.4 Å². The van der Waals surface area contributed by atoms with Gasteiger partial charge >= 0.3 is 12.1 Å². The number of carbonyl (C=O) groups is 3. The van der Waals surface area contributed by atoms with Crippen LogP contribution >= 0.6 is 0 Å². The van der Waals surface area contributed by atoms with Gasteiger partial charge < -0.3 is 25.6 Å². The normalized spacial score (nSPS) is 10.7. The topological polar surface area (TPSA) is 99.8 Å². The molecule has 0 radical (unpaired) electrons. The summed E-state index contributed by atoms with van der Waals surface area (Å²) in [6, 6.07) is -0.143. The first-order valence-corrected chi connectivity index (χ1v) is 7.96. The SMILES string of the molecule is CCN(CC)C(=O)NCCNC(=O)CCNC(=O)OC(C)(C)C. The molecule has 4 amide bonds. The summed E-state index contributed by atoms with van der Waals surface area (Å²) >= 11 is 0. The van der Waals surface area contributed by atoms with Crippen LogP contribution in [0.25, 0.3) is 0 Å². The third kappa shape index (κ3) is 11.3. The van der Waals surface area contributed by atoms with Crippen molar-refractivity contribution in [3.8, 4) is 0 Å². The minimum atomic E-state index is -0.560. The van der Waals surface area contributed by atoms with Gasteiger partial charge in [-0.2, -0.15) is 0 Å². The number of hydrogen-bond acceptors (Lipinski definition) is 4. The molecule has 0 fully saturated rings. The Bertz CT molecular complexity index is 389. The van der Waals surface area contributed by atoms with Crippen molar-refractivity contribution in [2.75, 3.05) is 32.7 Å². The fourth-order valence-electron chi connectivity index (χ4n) is 1.67. The van der Waals surface area contributed by atoms with Gasteiger partial charge in [0.15, 0.2) is 0 Å². The third-order valence-electron chi connectivity index (χ3n) is 2.79. The molecule has 0 aliphatic rings. The van der Waals surface area contributed by atoms with Gasteiger partial charge in [0.05, 0.1) is 0 Å². The lowest BCUT2D eigenvalue weighted by Crippen LogP contribution is -2.43. The lowest BCUT2D eigenvalue weighted by molar-refractivity contribution is -0.120. The van der Waals surface area contributed by atoms with Gasteiger partial charge in [0, 0.05) is 39.1 Å². The van der Waals surface area contributed by atoms with Crippen molar-refractivity contribution in [2.24, 2.45) is 0 Å². The third-order valence-corrected chi connectivity index (χ3v) is 2.79. The smallest absolute Gasteiger partial charge is 0.407 e. The highest BCUT2D eigenvalue weighted by molar-refractivity contribution is 5.77. The largest absolute Gasteiger partial charge is 0.444 e. The van der Waals surface area contributed by atoms with Gasteiger partial charge in [0.2, 0.25) is 5.91 Å². The van der Waals surface area contributed by atoms with Gasteiger partial charge in [-0.1, -0.05) is 0 Å². The number of nitrogens with zero attached hydrogens (tertiary/aromatic N) is 1. The first kappa shape index (κ1) is 21.0. The van der Waals surface area contributed by atoms with Crippen LogP contribution in [0.2, 0.25) is 0 Å². The number of nitrogens with one attached hydrogen (secondary N) is 3. The van der Waals surface area contributed by atoms with E-state index >= 15 is 0 Å². The van der Waals surface area contributed by atoms with E-state index in [1.165, 1.54) is 0 Å². The predicted octanol–water partition coefficient (Wildman–Crippen LogP) is 1.07. The zero-order valence-electron chi connectivity index (χ0n) is 14.8. The fourth-order valence-corrected chi connectivity index (χ4v) is 1.67. The Balaban J connectivity index is 3.73. The van der Waals surface area contributed by atoms with Crippen molar-refractivity contribution in [3.05, 3.63) is 0 Å². The van der Waals surface area contributed by atoms with E-state index in [2.05, 4.69) is 16.0 Å². The van der Waals surface area contributed by atoms with E-state index in [0.29, 0.717) is 26.2 Å². The number of alkyl carbamates (subject to hydrolysis) is 1. The fraction of sp³-hybridized carbons (Fsp3) is 0.800. The van der Waals surface area contributed by atoms with Crippen LogP contribution in [0, 0.1) is 0 Å². The van der Waals surface area contributed by atoms with Gasteiger partial charge in [0.25, 0.3) is 0 Å². The van der Waals surface area contributed by atoms with E-state index in [1.54, 1.807) is 25.7 Å². The number of amides is 4. The molecule has 0 spiro atoms. The molecule has 0 atom stereocenters. The maximum atomic E-state index is 11.7. The van der Waals surface area contributed by atoms with Crippen molar-refractivity contribution in [3.63, 3.8) is 0 Å². The number of rotatable bonds is 8. The zero-order valence-corrected chi connectivity index (χ0v) is 14.8. The second-order valence-corrected chi connectivity index (χ2v) is 5.93. The van der Waals surface area contributed by atoms with E-state index < -0.39 is 11.7 Å². The van der Waals surface area contributed by atoms with E-state index in [1.807, 2.05) is 13.8 Å². The molecule has 8 nitrogen and oxygen atoms in total. The average Bonchev–Trinajstić information content (AvgIpc) is 2.43. The highest BCUT2D eigenvalue weighted by Gasteiger charge is 2.15. The van der Waals surface area contributed by atoms with Gasteiger partial charge in [-0.05, 0) is 34.6 Å². The second-order valence-electron chi connectivity index (χ2n) is 5.93. The summed E-state index contributed by atoms with van der Waals surface area (Å²) in [6.45, 7) is 11.3. The molecule has 0 aromatic rings. The predicted molar refractivity (Wildman–Crippen MR) is 88.2 cm³/mol. The molecule has 8 heteroatoms. The van der Waals surface area contributed by atoms with Gasteiger partial charge in [-0.15, -0.1) is 0 Å². The Kier molecular flexibility index (Phi) is 9.76. The molecule has 0 aromatic heterocycles. The second kappa shape index (κ2) is 10.7. The molecule has 0 heterocycles. The summed E-state index contributed by atoms with van der Waals surface area (Å²) in [4.78, 5) is 36.3. The summed E-state index contributed by atoms with van der Waals surface area (Å²) in [5.74, 6) is -0.196. The highest BCUT2D eigenvalue weighted by Crippen LogP contribution is 2.06. The lowest BCUT2D eigenvalue weighted by atomic mass is 10.2. The molecule has 0 bridgehead atoms. The van der Waals surface area contributed by atoms with Crippen molar-refractivity contribution in [1.82, 2.24) is 20.9 Å².